The number of nitrogens with one attached hydrogen (secondary N) is 4. The average molecular weight is 469 g/mol. The molecular formula is C27H28N6O2. The number of hydrogen-bond donors (Lipinski definition) is 4. The standard InChI is InChI=1S/C27H28N6O2/c1-4-35-24-15-13-23(14-16-24)32-27(34)31-22-11-9-21(10-12-22)30-26-28-19(3)17-25(33-26)29-20-7-5-18(2)6-8-20/h5-17H,4H2,1-3H3,(H2,31,32,34)(H2,28,29,30,33). The molecule has 4 N–H and O–H groups in total. The summed E-state index contributed by atoms with van der Waals surface area (Å²) < 4.78 is 5.41. The van der Waals surface area contributed by atoms with Gasteiger partial charge in [0, 0.05) is 34.5 Å². The number of amides is 2. The third kappa shape index (κ3) is 6.94. The van der Waals surface area contributed by atoms with Crippen LogP contribution in [0.4, 0.5) is 39.3 Å². The van der Waals surface area contributed by atoms with E-state index in [-0.39, 0.29) is 6.03 Å². The molecule has 0 bridgehead atoms. The SMILES string of the molecule is CCOc1ccc(NC(=O)Nc2ccc(Nc3nc(C)cc(Nc4ccc(C)cc4)n3)cc2)cc1. The van der Waals surface area contributed by atoms with Gasteiger partial charge in [0.2, 0.25) is 5.95 Å². The zero-order chi connectivity index (χ0) is 24.6. The van der Waals surface area contributed by atoms with Crippen LogP contribution in [-0.2, 0) is 0 Å². The second-order valence-electron chi connectivity index (χ2n) is 7.95. The molecule has 0 spiro atoms. The number of nitrogens with zero attached hydrogens (tertiary/aromatic N) is 2. The molecule has 0 saturated heterocycles. The first-order chi connectivity index (χ1) is 17.0. The van der Waals surface area contributed by atoms with Crippen LogP contribution < -0.4 is 26.0 Å². The fourth-order valence-corrected chi connectivity index (χ4v) is 3.33. The maximum atomic E-state index is 12.3. The Hall–Kier alpha value is -4.59. The zero-order valence-electron chi connectivity index (χ0n) is 19.9. The Kier molecular flexibility index (Phi) is 7.42. The van der Waals surface area contributed by atoms with Gasteiger partial charge in [0.15, 0.2) is 0 Å². The van der Waals surface area contributed by atoms with Crippen LogP contribution in [0.5, 0.6) is 5.75 Å². The molecule has 1 heterocycles. The van der Waals surface area contributed by atoms with Crippen LogP contribution >= 0.6 is 0 Å². The quantitative estimate of drug-likeness (QED) is 0.232. The molecule has 0 radical (unpaired) electrons. The van der Waals surface area contributed by atoms with E-state index in [9.17, 15) is 4.79 Å². The third-order valence-corrected chi connectivity index (χ3v) is 5.00. The van der Waals surface area contributed by atoms with Gasteiger partial charge in [-0.25, -0.2) is 9.78 Å². The molecule has 0 atom stereocenters. The predicted octanol–water partition coefficient (Wildman–Crippen LogP) is 6.62. The number of carbonyl (C=O) groups is 1. The number of rotatable bonds is 8. The van der Waals surface area contributed by atoms with E-state index in [1.165, 1.54) is 5.56 Å². The summed E-state index contributed by atoms with van der Waals surface area (Å²) in [7, 11) is 0. The minimum Gasteiger partial charge on any atom is -0.494 e. The van der Waals surface area contributed by atoms with Gasteiger partial charge in [-0.2, -0.15) is 4.98 Å². The normalized spacial score (nSPS) is 10.4. The second kappa shape index (κ2) is 11.0. The highest BCUT2D eigenvalue weighted by molar-refractivity contribution is 5.99. The van der Waals surface area contributed by atoms with E-state index in [1.54, 1.807) is 24.3 Å². The highest BCUT2D eigenvalue weighted by Crippen LogP contribution is 2.21. The second-order valence-corrected chi connectivity index (χ2v) is 7.95. The highest BCUT2D eigenvalue weighted by Gasteiger charge is 2.06. The minimum atomic E-state index is -0.330. The van der Waals surface area contributed by atoms with Gasteiger partial charge in [0.05, 0.1) is 6.61 Å². The number of anilines is 6. The maximum Gasteiger partial charge on any atom is 0.323 e. The molecule has 35 heavy (non-hydrogen) atoms. The Balaban J connectivity index is 1.35. The van der Waals surface area contributed by atoms with Crippen molar-refractivity contribution in [2.45, 2.75) is 20.8 Å². The Morgan fingerprint density at radius 1 is 0.743 bits per heavy atom. The van der Waals surface area contributed by atoms with Crippen molar-refractivity contribution < 1.29 is 9.53 Å². The lowest BCUT2D eigenvalue weighted by atomic mass is 10.2. The lowest BCUT2D eigenvalue weighted by Gasteiger charge is -2.11. The Bertz CT molecular complexity index is 1270. The van der Waals surface area contributed by atoms with E-state index in [2.05, 4.69) is 38.2 Å². The van der Waals surface area contributed by atoms with Crippen molar-refractivity contribution in [1.82, 2.24) is 9.97 Å². The molecule has 0 unspecified atom stereocenters. The molecule has 0 aliphatic rings. The fraction of sp³-hybridized carbons (Fsp3) is 0.148. The number of aryl methyl sites for hydroxylation is 2. The number of benzene rings is 3. The van der Waals surface area contributed by atoms with Gasteiger partial charge in [-0.3, -0.25) is 0 Å². The molecule has 0 fully saturated rings. The van der Waals surface area contributed by atoms with Crippen molar-refractivity contribution in [1.29, 1.82) is 0 Å². The lowest BCUT2D eigenvalue weighted by molar-refractivity contribution is 0.262. The Morgan fingerprint density at radius 2 is 1.29 bits per heavy atom. The lowest BCUT2D eigenvalue weighted by Crippen LogP contribution is -2.19. The van der Waals surface area contributed by atoms with Crippen LogP contribution in [0, 0.1) is 13.8 Å². The van der Waals surface area contributed by atoms with Crippen LogP contribution in [0.1, 0.15) is 18.2 Å². The Labute approximate surface area is 204 Å². The van der Waals surface area contributed by atoms with Crippen molar-refractivity contribution in [2.24, 2.45) is 0 Å². The molecule has 1 aromatic heterocycles. The first-order valence-corrected chi connectivity index (χ1v) is 11.3. The van der Waals surface area contributed by atoms with E-state index < -0.39 is 0 Å². The van der Waals surface area contributed by atoms with Crippen molar-refractivity contribution in [3.8, 4) is 5.75 Å². The van der Waals surface area contributed by atoms with Crippen molar-refractivity contribution in [3.63, 3.8) is 0 Å². The molecular weight excluding hydrogens is 440 g/mol. The van der Waals surface area contributed by atoms with Crippen molar-refractivity contribution in [3.05, 3.63) is 90.1 Å². The fourth-order valence-electron chi connectivity index (χ4n) is 3.33. The molecule has 4 rings (SSSR count). The number of ether oxygens (including phenoxy) is 1. The smallest absolute Gasteiger partial charge is 0.323 e. The van der Waals surface area contributed by atoms with Gasteiger partial charge >= 0.3 is 6.03 Å². The molecule has 3 aromatic carbocycles. The van der Waals surface area contributed by atoms with E-state index >= 15 is 0 Å². The van der Waals surface area contributed by atoms with Crippen LogP contribution in [0.2, 0.25) is 0 Å². The van der Waals surface area contributed by atoms with E-state index in [0.29, 0.717) is 29.7 Å². The van der Waals surface area contributed by atoms with Crippen molar-refractivity contribution in [2.75, 3.05) is 27.9 Å². The molecule has 178 valence electrons. The van der Waals surface area contributed by atoms with Crippen LogP contribution in [0.15, 0.2) is 78.9 Å². The largest absolute Gasteiger partial charge is 0.494 e. The van der Waals surface area contributed by atoms with Gasteiger partial charge in [0.1, 0.15) is 11.6 Å². The number of aromatic nitrogens is 2. The first kappa shape index (κ1) is 23.6. The third-order valence-electron chi connectivity index (χ3n) is 5.00. The summed E-state index contributed by atoms with van der Waals surface area (Å²) in [5, 5.41) is 12.1. The van der Waals surface area contributed by atoms with Crippen LogP contribution in [0.3, 0.4) is 0 Å². The Morgan fingerprint density at radius 3 is 1.91 bits per heavy atom. The molecule has 0 aliphatic carbocycles. The summed E-state index contributed by atoms with van der Waals surface area (Å²) in [5.74, 6) is 1.94. The highest BCUT2D eigenvalue weighted by atomic mass is 16.5. The van der Waals surface area contributed by atoms with Gasteiger partial charge in [0.25, 0.3) is 0 Å². The molecule has 4 aromatic rings. The molecule has 0 saturated carbocycles. The molecule has 2 amide bonds. The summed E-state index contributed by atoms with van der Waals surface area (Å²) in [6.07, 6.45) is 0. The summed E-state index contributed by atoms with van der Waals surface area (Å²) in [6, 6.07) is 24.2. The predicted molar refractivity (Wildman–Crippen MR) is 141 cm³/mol. The first-order valence-electron chi connectivity index (χ1n) is 11.3. The average Bonchev–Trinajstić information content (AvgIpc) is 2.83. The summed E-state index contributed by atoms with van der Waals surface area (Å²) >= 11 is 0. The van der Waals surface area contributed by atoms with Gasteiger partial charge in [-0.05, 0) is 81.4 Å². The van der Waals surface area contributed by atoms with Crippen LogP contribution in [0.25, 0.3) is 0 Å². The van der Waals surface area contributed by atoms with Crippen LogP contribution in [-0.4, -0.2) is 22.6 Å². The van der Waals surface area contributed by atoms with Gasteiger partial charge in [-0.1, -0.05) is 17.7 Å². The zero-order valence-corrected chi connectivity index (χ0v) is 19.9. The van der Waals surface area contributed by atoms with Gasteiger partial charge in [-0.15, -0.1) is 0 Å². The summed E-state index contributed by atoms with van der Waals surface area (Å²) in [6.45, 7) is 6.49. The van der Waals surface area contributed by atoms with Gasteiger partial charge < -0.3 is 26.0 Å². The number of carbonyl (C=O) groups excluding carboxylic acids is 1. The maximum absolute atomic E-state index is 12.3. The van der Waals surface area contributed by atoms with Crippen molar-refractivity contribution >= 4 is 40.5 Å². The summed E-state index contributed by atoms with van der Waals surface area (Å²) in [5.41, 5.74) is 5.12. The monoisotopic (exact) mass is 468 g/mol. The molecule has 8 heteroatoms. The molecule has 8 nitrogen and oxygen atoms in total. The van der Waals surface area contributed by atoms with E-state index in [0.717, 1.165) is 22.8 Å². The van der Waals surface area contributed by atoms with E-state index in [1.807, 2.05) is 68.4 Å². The summed E-state index contributed by atoms with van der Waals surface area (Å²) in [4.78, 5) is 21.3. The number of hydrogen-bond acceptors (Lipinski definition) is 6. The number of urea groups is 1. The topological polar surface area (TPSA) is 100 Å². The molecule has 0 aliphatic heterocycles. The van der Waals surface area contributed by atoms with E-state index in [4.69, 9.17) is 4.74 Å². The minimum absolute atomic E-state index is 0.330.